The second kappa shape index (κ2) is 5.40. The molecule has 1 atom stereocenters. The molecule has 0 aliphatic rings. The van der Waals surface area contributed by atoms with Crippen molar-refractivity contribution in [1.29, 1.82) is 0 Å². The van der Waals surface area contributed by atoms with Gasteiger partial charge in [-0.15, -0.1) is 0 Å². The molecule has 17 heavy (non-hydrogen) atoms. The molecule has 0 radical (unpaired) electrons. The van der Waals surface area contributed by atoms with E-state index in [0.29, 0.717) is 0 Å². The average molecular weight is 240 g/mol. The molecule has 0 bridgehead atoms. The molecule has 0 aliphatic heterocycles. The van der Waals surface area contributed by atoms with Gasteiger partial charge < -0.3 is 15.8 Å². The van der Waals surface area contributed by atoms with Crippen LogP contribution in [0.3, 0.4) is 0 Å². The van der Waals surface area contributed by atoms with Gasteiger partial charge in [0.2, 0.25) is 5.91 Å². The van der Waals surface area contributed by atoms with Crippen LogP contribution >= 0.6 is 0 Å². The zero-order valence-electron chi connectivity index (χ0n) is 9.49. The van der Waals surface area contributed by atoms with Crippen LogP contribution in [0.4, 0.5) is 10.1 Å². The fraction of sp³-hybridized carbons (Fsp3) is 0.273. The Kier molecular flexibility index (Phi) is 4.17. The first kappa shape index (κ1) is 13.1. The van der Waals surface area contributed by atoms with Crippen molar-refractivity contribution in [2.75, 3.05) is 12.4 Å². The van der Waals surface area contributed by atoms with Crippen LogP contribution in [-0.2, 0) is 9.53 Å². The zero-order chi connectivity index (χ0) is 13.0. The van der Waals surface area contributed by atoms with Crippen molar-refractivity contribution in [3.63, 3.8) is 0 Å². The number of amides is 1. The number of ether oxygens (including phenoxy) is 1. The third-order valence-electron chi connectivity index (χ3n) is 2.06. The topological polar surface area (TPSA) is 81.4 Å². The van der Waals surface area contributed by atoms with Gasteiger partial charge in [0, 0.05) is 0 Å². The van der Waals surface area contributed by atoms with Crippen LogP contribution in [0.25, 0.3) is 0 Å². The highest BCUT2D eigenvalue weighted by atomic mass is 19.1. The summed E-state index contributed by atoms with van der Waals surface area (Å²) in [5.74, 6) is -1.80. The van der Waals surface area contributed by atoms with E-state index in [2.05, 4.69) is 10.1 Å². The number of anilines is 1. The maximum absolute atomic E-state index is 13.0. The van der Waals surface area contributed by atoms with Gasteiger partial charge in [-0.25, -0.2) is 9.18 Å². The summed E-state index contributed by atoms with van der Waals surface area (Å²) in [7, 11) is 1.17. The van der Waals surface area contributed by atoms with Gasteiger partial charge in [-0.1, -0.05) is 0 Å². The third kappa shape index (κ3) is 3.25. The van der Waals surface area contributed by atoms with Crippen molar-refractivity contribution in [1.82, 2.24) is 0 Å². The molecule has 0 saturated carbocycles. The van der Waals surface area contributed by atoms with Crippen LogP contribution in [0.5, 0.6) is 0 Å². The van der Waals surface area contributed by atoms with Gasteiger partial charge in [0.1, 0.15) is 5.82 Å². The summed E-state index contributed by atoms with van der Waals surface area (Å²) in [5, 5.41) is 2.42. The molecule has 1 amide bonds. The maximum atomic E-state index is 13.0. The van der Waals surface area contributed by atoms with Gasteiger partial charge in [0.15, 0.2) is 0 Å². The molecule has 1 aromatic carbocycles. The Morgan fingerprint density at radius 1 is 1.47 bits per heavy atom. The Labute approximate surface area is 97.7 Å². The van der Waals surface area contributed by atoms with Crippen LogP contribution in [-0.4, -0.2) is 25.0 Å². The number of carbonyl (C=O) groups is 2. The Hall–Kier alpha value is -1.95. The lowest BCUT2D eigenvalue weighted by atomic mass is 10.1. The van der Waals surface area contributed by atoms with Crippen LogP contribution in [0.2, 0.25) is 0 Å². The molecular formula is C11H13FN2O3. The van der Waals surface area contributed by atoms with Crippen molar-refractivity contribution in [3.05, 3.63) is 29.6 Å². The van der Waals surface area contributed by atoms with E-state index >= 15 is 0 Å². The lowest BCUT2D eigenvalue weighted by Crippen LogP contribution is -2.33. The number of carbonyl (C=O) groups excluding carboxylic acids is 2. The molecule has 0 aliphatic carbocycles. The van der Waals surface area contributed by atoms with E-state index in [1.165, 1.54) is 20.1 Å². The number of nitrogens with two attached hydrogens (primary N) is 1. The quantitative estimate of drug-likeness (QED) is 0.769. The molecule has 0 saturated heterocycles. The van der Waals surface area contributed by atoms with E-state index in [9.17, 15) is 14.0 Å². The zero-order valence-corrected chi connectivity index (χ0v) is 9.49. The van der Waals surface area contributed by atoms with Gasteiger partial charge in [-0.3, -0.25) is 4.79 Å². The number of esters is 1. The summed E-state index contributed by atoms with van der Waals surface area (Å²) in [4.78, 5) is 22.7. The number of benzene rings is 1. The monoisotopic (exact) mass is 240 g/mol. The third-order valence-corrected chi connectivity index (χ3v) is 2.06. The SMILES string of the molecule is COC(=O)c1cc(F)ccc1NC(=O)[C@H](C)N. The molecule has 1 aromatic rings. The molecule has 0 unspecified atom stereocenters. The average Bonchev–Trinajstić information content (AvgIpc) is 2.30. The first-order valence-electron chi connectivity index (χ1n) is 4.90. The molecule has 0 aromatic heterocycles. The fourth-order valence-corrected chi connectivity index (χ4v) is 1.15. The molecule has 0 spiro atoms. The van der Waals surface area contributed by atoms with Crippen molar-refractivity contribution in [2.24, 2.45) is 5.73 Å². The standard InChI is InChI=1S/C11H13FN2O3/c1-6(13)10(15)14-9-4-3-7(12)5-8(9)11(16)17-2/h3-6H,13H2,1-2H3,(H,14,15)/t6-/m0/s1. The Balaban J connectivity index is 3.06. The predicted octanol–water partition coefficient (Wildman–Crippen LogP) is 0.898. The van der Waals surface area contributed by atoms with Gasteiger partial charge in [0.25, 0.3) is 0 Å². The van der Waals surface area contributed by atoms with Crippen molar-refractivity contribution in [2.45, 2.75) is 13.0 Å². The first-order chi connectivity index (χ1) is 7.95. The summed E-state index contributed by atoms with van der Waals surface area (Å²) >= 11 is 0. The van der Waals surface area contributed by atoms with Gasteiger partial charge in [-0.2, -0.15) is 0 Å². The summed E-state index contributed by atoms with van der Waals surface area (Å²) in [6.45, 7) is 1.50. The minimum Gasteiger partial charge on any atom is -0.465 e. The van der Waals surface area contributed by atoms with E-state index in [0.717, 1.165) is 12.1 Å². The molecule has 1 rings (SSSR count). The summed E-state index contributed by atoms with van der Waals surface area (Å²) < 4.78 is 17.5. The van der Waals surface area contributed by atoms with Crippen molar-refractivity contribution >= 4 is 17.6 Å². The molecule has 92 valence electrons. The van der Waals surface area contributed by atoms with E-state index in [4.69, 9.17) is 5.73 Å². The molecule has 0 heterocycles. The fourth-order valence-electron chi connectivity index (χ4n) is 1.15. The highest BCUT2D eigenvalue weighted by Gasteiger charge is 2.16. The Morgan fingerprint density at radius 2 is 2.12 bits per heavy atom. The molecular weight excluding hydrogens is 227 g/mol. The van der Waals surface area contributed by atoms with Crippen LogP contribution in [0.1, 0.15) is 17.3 Å². The highest BCUT2D eigenvalue weighted by molar-refractivity contribution is 6.02. The maximum Gasteiger partial charge on any atom is 0.340 e. The van der Waals surface area contributed by atoms with Crippen LogP contribution < -0.4 is 11.1 Å². The second-order valence-corrected chi connectivity index (χ2v) is 3.46. The number of hydrogen-bond donors (Lipinski definition) is 2. The molecule has 0 fully saturated rings. The van der Waals surface area contributed by atoms with Gasteiger partial charge in [0.05, 0.1) is 24.4 Å². The van der Waals surface area contributed by atoms with Crippen LogP contribution in [0, 0.1) is 5.82 Å². The number of nitrogens with one attached hydrogen (secondary N) is 1. The summed E-state index contributed by atoms with van der Waals surface area (Å²) in [6, 6.07) is 2.67. The second-order valence-electron chi connectivity index (χ2n) is 3.46. The summed E-state index contributed by atoms with van der Waals surface area (Å²) in [6.07, 6.45) is 0. The van der Waals surface area contributed by atoms with E-state index < -0.39 is 23.7 Å². The van der Waals surface area contributed by atoms with E-state index in [1.54, 1.807) is 0 Å². The number of methoxy groups -OCH3 is 1. The Bertz CT molecular complexity index is 446. The van der Waals surface area contributed by atoms with Gasteiger partial charge in [-0.05, 0) is 25.1 Å². The minimum atomic E-state index is -0.732. The number of hydrogen-bond acceptors (Lipinski definition) is 4. The number of rotatable bonds is 3. The van der Waals surface area contributed by atoms with Crippen molar-refractivity contribution < 1.29 is 18.7 Å². The smallest absolute Gasteiger partial charge is 0.340 e. The molecule has 3 N–H and O–H groups in total. The van der Waals surface area contributed by atoms with Gasteiger partial charge >= 0.3 is 5.97 Å². The highest BCUT2D eigenvalue weighted by Crippen LogP contribution is 2.18. The normalized spacial score (nSPS) is 11.8. The Morgan fingerprint density at radius 3 is 2.65 bits per heavy atom. The van der Waals surface area contributed by atoms with Crippen molar-refractivity contribution in [3.8, 4) is 0 Å². The lowest BCUT2D eigenvalue weighted by molar-refractivity contribution is -0.117. The molecule has 6 heteroatoms. The number of halogens is 1. The summed E-state index contributed by atoms with van der Waals surface area (Å²) in [5.41, 5.74) is 5.48. The minimum absolute atomic E-state index is 0.0542. The van der Waals surface area contributed by atoms with E-state index in [-0.39, 0.29) is 11.3 Å². The van der Waals surface area contributed by atoms with Crippen LogP contribution in [0.15, 0.2) is 18.2 Å². The lowest BCUT2D eigenvalue weighted by Gasteiger charge is -2.11. The van der Waals surface area contributed by atoms with E-state index in [1.807, 2.05) is 0 Å². The largest absolute Gasteiger partial charge is 0.465 e. The molecule has 5 nitrogen and oxygen atoms in total. The predicted molar refractivity (Wildman–Crippen MR) is 60.0 cm³/mol. The first-order valence-corrected chi connectivity index (χ1v) is 4.90.